The van der Waals surface area contributed by atoms with Crippen molar-refractivity contribution in [3.8, 4) is 0 Å². The number of methoxy groups -OCH3 is 1. The van der Waals surface area contributed by atoms with Crippen LogP contribution >= 0.6 is 0 Å². The topological polar surface area (TPSA) is 49.9 Å². The highest BCUT2D eigenvalue weighted by Crippen LogP contribution is 2.25. The maximum absolute atomic E-state index is 13.5. The second-order valence-corrected chi connectivity index (χ2v) is 9.94. The van der Waals surface area contributed by atoms with Gasteiger partial charge in [0.15, 0.2) is 0 Å². The van der Waals surface area contributed by atoms with Crippen molar-refractivity contribution in [3.05, 3.63) is 47.5 Å². The van der Waals surface area contributed by atoms with Crippen LogP contribution in [0.1, 0.15) is 50.5 Å². The molecular weight excluding hydrogens is 372 g/mol. The van der Waals surface area contributed by atoms with E-state index in [4.69, 9.17) is 4.74 Å². The Balaban J connectivity index is 1.74. The smallest absolute Gasteiger partial charge is 0.282 e. The molecule has 6 heteroatoms. The van der Waals surface area contributed by atoms with Gasteiger partial charge in [-0.3, -0.25) is 0 Å². The van der Waals surface area contributed by atoms with Crippen LogP contribution in [0.25, 0.3) is 0 Å². The van der Waals surface area contributed by atoms with E-state index in [1.807, 2.05) is 30.3 Å². The van der Waals surface area contributed by atoms with Crippen molar-refractivity contribution in [3.63, 3.8) is 0 Å². The lowest BCUT2D eigenvalue weighted by atomic mass is 9.97. The molecule has 0 aromatic heterocycles. The minimum absolute atomic E-state index is 0.285. The maximum atomic E-state index is 13.5. The molecule has 1 unspecified atom stereocenters. The van der Waals surface area contributed by atoms with Crippen molar-refractivity contribution in [1.82, 2.24) is 8.61 Å². The monoisotopic (exact) mass is 406 g/mol. The molecule has 156 valence electrons. The Morgan fingerprint density at radius 3 is 2.71 bits per heavy atom. The maximum Gasteiger partial charge on any atom is 0.282 e. The largest absolute Gasteiger partial charge is 0.384 e. The number of nitrogens with zero attached hydrogens (tertiary/aromatic N) is 2. The van der Waals surface area contributed by atoms with E-state index in [0.717, 1.165) is 37.7 Å². The predicted octanol–water partition coefficient (Wildman–Crippen LogP) is 3.98. The van der Waals surface area contributed by atoms with Gasteiger partial charge in [-0.1, -0.05) is 42.0 Å². The first-order valence-corrected chi connectivity index (χ1v) is 12.0. The summed E-state index contributed by atoms with van der Waals surface area (Å²) >= 11 is 0. The zero-order chi connectivity index (χ0) is 19.8. The summed E-state index contributed by atoms with van der Waals surface area (Å²) in [6.07, 6.45) is 9.80. The second kappa shape index (κ2) is 10.5. The zero-order valence-electron chi connectivity index (χ0n) is 17.1. The first-order valence-electron chi connectivity index (χ1n) is 10.6. The summed E-state index contributed by atoms with van der Waals surface area (Å²) < 4.78 is 35.7. The Labute approximate surface area is 170 Å². The molecule has 1 aromatic carbocycles. The number of rotatable bonds is 9. The van der Waals surface area contributed by atoms with Crippen LogP contribution in [0.4, 0.5) is 0 Å². The van der Waals surface area contributed by atoms with Crippen molar-refractivity contribution < 1.29 is 13.2 Å². The fourth-order valence-electron chi connectivity index (χ4n) is 4.23. The van der Waals surface area contributed by atoms with E-state index >= 15 is 0 Å². The van der Waals surface area contributed by atoms with Crippen LogP contribution in [0.5, 0.6) is 0 Å². The normalized spacial score (nSPS) is 21.6. The van der Waals surface area contributed by atoms with Gasteiger partial charge in [-0.2, -0.15) is 17.0 Å². The molecular formula is C22H34N2O3S. The first-order chi connectivity index (χ1) is 13.6. The molecule has 0 N–H and O–H groups in total. The zero-order valence-corrected chi connectivity index (χ0v) is 17.9. The fraction of sp³-hybridized carbons (Fsp3) is 0.636. The van der Waals surface area contributed by atoms with Crippen LogP contribution in [-0.4, -0.2) is 50.4 Å². The van der Waals surface area contributed by atoms with E-state index in [1.165, 1.54) is 18.4 Å². The van der Waals surface area contributed by atoms with E-state index in [2.05, 4.69) is 6.08 Å². The van der Waals surface area contributed by atoms with Crippen molar-refractivity contribution in [1.29, 1.82) is 0 Å². The van der Waals surface area contributed by atoms with Gasteiger partial charge in [0, 0.05) is 33.3 Å². The summed E-state index contributed by atoms with van der Waals surface area (Å²) in [5, 5.41) is 0. The average Bonchev–Trinajstić information content (AvgIpc) is 2.73. The Kier molecular flexibility index (Phi) is 8.09. The number of hydrogen-bond donors (Lipinski definition) is 0. The van der Waals surface area contributed by atoms with Crippen LogP contribution in [0, 0.1) is 5.92 Å². The van der Waals surface area contributed by atoms with Crippen molar-refractivity contribution in [2.24, 2.45) is 5.92 Å². The molecule has 1 heterocycles. The Morgan fingerprint density at radius 2 is 2.00 bits per heavy atom. The van der Waals surface area contributed by atoms with E-state index in [9.17, 15) is 8.42 Å². The van der Waals surface area contributed by atoms with Crippen molar-refractivity contribution in [2.45, 2.75) is 51.5 Å². The van der Waals surface area contributed by atoms with Crippen LogP contribution < -0.4 is 0 Å². The number of allylic oxidation sites excluding steroid dienone is 1. The summed E-state index contributed by atoms with van der Waals surface area (Å²) in [5.41, 5.74) is 2.45. The third-order valence-corrected chi connectivity index (χ3v) is 7.75. The number of benzene rings is 1. The molecule has 0 saturated carbocycles. The number of ether oxygens (including phenoxy) is 1. The summed E-state index contributed by atoms with van der Waals surface area (Å²) in [4.78, 5) is 0. The highest BCUT2D eigenvalue weighted by atomic mass is 32.2. The van der Waals surface area contributed by atoms with Crippen molar-refractivity contribution >= 4 is 10.2 Å². The third kappa shape index (κ3) is 5.89. The molecule has 1 fully saturated rings. The lowest BCUT2D eigenvalue weighted by molar-refractivity contribution is 0.116. The van der Waals surface area contributed by atoms with E-state index in [-0.39, 0.29) is 5.92 Å². The van der Waals surface area contributed by atoms with Crippen molar-refractivity contribution in [2.75, 3.05) is 33.4 Å². The summed E-state index contributed by atoms with van der Waals surface area (Å²) in [6, 6.07) is 9.92. The number of piperidine rings is 1. The lowest BCUT2D eigenvalue weighted by Gasteiger charge is -2.35. The van der Waals surface area contributed by atoms with Gasteiger partial charge in [-0.25, -0.2) is 0 Å². The first kappa shape index (κ1) is 21.5. The van der Waals surface area contributed by atoms with Gasteiger partial charge in [0.2, 0.25) is 0 Å². The second-order valence-electron chi connectivity index (χ2n) is 8.01. The highest BCUT2D eigenvalue weighted by Gasteiger charge is 2.33. The Hall–Kier alpha value is -1.21. The summed E-state index contributed by atoms with van der Waals surface area (Å²) in [5.74, 6) is 0.285. The molecule has 0 spiro atoms. The average molecular weight is 407 g/mol. The van der Waals surface area contributed by atoms with Gasteiger partial charge in [0.1, 0.15) is 0 Å². The van der Waals surface area contributed by atoms with E-state index in [1.54, 1.807) is 15.7 Å². The minimum Gasteiger partial charge on any atom is -0.384 e. The standard InChI is InChI=1S/C22H34N2O3S/c1-27-19-22-13-8-15-23(18-22)28(25,26)24(17-21-11-6-3-7-12-21)16-14-20-9-4-2-5-10-20/h3,6-7,9,11-12,22H,2,4-5,8,10,13-19H2,1H3. The molecule has 1 aromatic rings. The predicted molar refractivity (Wildman–Crippen MR) is 113 cm³/mol. The van der Waals surface area contributed by atoms with E-state index in [0.29, 0.717) is 32.8 Å². The Bertz CT molecular complexity index is 731. The molecule has 5 nitrogen and oxygen atoms in total. The summed E-state index contributed by atoms with van der Waals surface area (Å²) in [6.45, 7) is 2.77. The van der Waals surface area contributed by atoms with Crippen LogP contribution in [-0.2, 0) is 21.5 Å². The molecule has 3 rings (SSSR count). The molecule has 2 aliphatic rings. The van der Waals surface area contributed by atoms with Gasteiger partial charge >= 0.3 is 0 Å². The highest BCUT2D eigenvalue weighted by molar-refractivity contribution is 7.86. The molecule has 0 radical (unpaired) electrons. The quantitative estimate of drug-likeness (QED) is 0.583. The SMILES string of the molecule is COCC1CCCN(S(=O)(=O)N(CCC2=CCCCC2)Cc2ccccc2)C1. The lowest BCUT2D eigenvalue weighted by Crippen LogP contribution is -2.48. The number of hydrogen-bond acceptors (Lipinski definition) is 3. The molecule has 0 amide bonds. The van der Waals surface area contributed by atoms with Gasteiger partial charge in [0.05, 0.1) is 6.61 Å². The van der Waals surface area contributed by atoms with Gasteiger partial charge < -0.3 is 4.74 Å². The molecule has 1 aliphatic heterocycles. The molecule has 28 heavy (non-hydrogen) atoms. The van der Waals surface area contributed by atoms with Crippen LogP contribution in [0.3, 0.4) is 0 Å². The van der Waals surface area contributed by atoms with Gasteiger partial charge in [-0.15, -0.1) is 0 Å². The minimum atomic E-state index is -3.49. The summed E-state index contributed by atoms with van der Waals surface area (Å²) in [7, 11) is -1.80. The van der Waals surface area contributed by atoms with Crippen LogP contribution in [0.2, 0.25) is 0 Å². The van der Waals surface area contributed by atoms with Gasteiger partial charge in [-0.05, 0) is 56.4 Å². The fourth-order valence-corrected chi connectivity index (χ4v) is 5.95. The van der Waals surface area contributed by atoms with Crippen LogP contribution in [0.15, 0.2) is 42.0 Å². The molecule has 1 aliphatic carbocycles. The molecule has 1 saturated heterocycles. The Morgan fingerprint density at radius 1 is 1.18 bits per heavy atom. The molecule has 1 atom stereocenters. The molecule has 0 bridgehead atoms. The van der Waals surface area contributed by atoms with E-state index < -0.39 is 10.2 Å². The third-order valence-electron chi connectivity index (χ3n) is 5.81. The van der Waals surface area contributed by atoms with Gasteiger partial charge in [0.25, 0.3) is 10.2 Å².